The third-order valence-corrected chi connectivity index (χ3v) is 35.2. The normalized spacial score (nSPS) is 50.2. The minimum Gasteiger partial charge on any atom is -0.295 e. The summed E-state index contributed by atoms with van der Waals surface area (Å²) in [6.07, 6.45) is 79.7. The second-order valence-electron chi connectivity index (χ2n) is 39.1. The first-order chi connectivity index (χ1) is 42.8. The quantitative estimate of drug-likeness (QED) is 0.224. The standard InChI is InChI=1S/C84H139BN2/c1-84(2,3)63-52-76-81-77(53-63)87(83-67(57-30-15-7-16-31-57)39-23-40-68(83)58-32-17-8-18-33-58)75-49-46-62(64-47-44-60-36-20-42-70-69-41-19-34-59-35-21-43-71(78(59)69)80(64)79(60)70)51-73(75)85(81)72-50-61(54-24-9-4-10-25-54)45-48-74(72)86(76)82-65(55-26-11-5-12-27-55)37-22-38-66(82)56-28-13-6-14-29-56/h54-83H,4-53H2,1-3H3. The predicted octanol–water partition coefficient (Wildman–Crippen LogP) is 23.1. The van der Waals surface area contributed by atoms with E-state index in [0.29, 0.717) is 5.41 Å². The summed E-state index contributed by atoms with van der Waals surface area (Å²) < 4.78 is 0. The Morgan fingerprint density at radius 2 is 0.598 bits per heavy atom. The molecular formula is C84H139BN2. The highest BCUT2D eigenvalue weighted by molar-refractivity contribution is 6.65. The molecule has 2 heterocycles. The summed E-state index contributed by atoms with van der Waals surface area (Å²) in [7, 11) is 0. The van der Waals surface area contributed by atoms with Gasteiger partial charge >= 0.3 is 0 Å². The van der Waals surface area contributed by atoms with E-state index in [1.54, 1.807) is 289 Å². The van der Waals surface area contributed by atoms with Gasteiger partial charge in [0, 0.05) is 36.3 Å². The van der Waals surface area contributed by atoms with Crippen molar-refractivity contribution in [2.45, 2.75) is 396 Å². The summed E-state index contributed by atoms with van der Waals surface area (Å²) in [4.78, 5) is 7.80. The Hall–Kier alpha value is -0.0151. The highest BCUT2D eigenvalue weighted by Gasteiger charge is 2.70. The van der Waals surface area contributed by atoms with Gasteiger partial charge in [-0.3, -0.25) is 9.80 Å². The molecule has 0 amide bonds. The predicted molar refractivity (Wildman–Crippen MR) is 367 cm³/mol. The van der Waals surface area contributed by atoms with Gasteiger partial charge in [0.25, 0.3) is 0 Å². The van der Waals surface area contributed by atoms with Crippen molar-refractivity contribution in [2.24, 2.45) is 130 Å². The first kappa shape index (κ1) is 60.6. The van der Waals surface area contributed by atoms with Gasteiger partial charge in [0.2, 0.25) is 0 Å². The molecule has 87 heavy (non-hydrogen) atoms. The molecule has 15 aliphatic carbocycles. The van der Waals surface area contributed by atoms with Crippen LogP contribution in [-0.2, 0) is 0 Å². The molecule has 2 nitrogen and oxygen atoms in total. The molecule has 17 aliphatic rings. The van der Waals surface area contributed by atoms with E-state index in [4.69, 9.17) is 0 Å². The van der Waals surface area contributed by atoms with E-state index in [2.05, 4.69) is 30.6 Å². The Balaban J connectivity index is 0.833. The number of hydrogen-bond acceptors (Lipinski definition) is 2. The number of hydrogen-bond donors (Lipinski definition) is 0. The van der Waals surface area contributed by atoms with Crippen LogP contribution >= 0.6 is 0 Å². The van der Waals surface area contributed by atoms with Gasteiger partial charge in [-0.15, -0.1) is 0 Å². The minimum absolute atomic E-state index is 0.378. The molecule has 3 heteroatoms. The van der Waals surface area contributed by atoms with E-state index < -0.39 is 0 Å². The lowest BCUT2D eigenvalue weighted by Gasteiger charge is -2.72. The molecule has 0 aromatic carbocycles. The van der Waals surface area contributed by atoms with E-state index >= 15 is 0 Å². The van der Waals surface area contributed by atoms with Gasteiger partial charge in [0.05, 0.1) is 0 Å². The van der Waals surface area contributed by atoms with Gasteiger partial charge < -0.3 is 0 Å². The van der Waals surface area contributed by atoms with E-state index in [0.717, 1.165) is 185 Å². The third-order valence-electron chi connectivity index (χ3n) is 35.2. The second-order valence-corrected chi connectivity index (χ2v) is 39.1. The van der Waals surface area contributed by atoms with Crippen LogP contribution in [0.2, 0.25) is 17.5 Å². The first-order valence-electron chi connectivity index (χ1n) is 42.4. The molecule has 15 saturated carbocycles. The fraction of sp³-hybridized carbons (Fsp3) is 1.00. The van der Waals surface area contributed by atoms with Crippen molar-refractivity contribution >= 4 is 6.71 Å². The summed E-state index contributed by atoms with van der Waals surface area (Å²) in [5.41, 5.74) is 0.378. The molecule has 0 aromatic heterocycles. The second kappa shape index (κ2) is 25.9. The SMILES string of the molecule is CC(C)(C)C1CC2C3B(C4CC(C5CCCCC5)CCC4N2C2C(C4CCCCC4)CCCC2C2CCCCC2)C2CC(C4CCC5CCCC6C7CCCC8CCCC(C87)C4C56)CCC2N(C2C(C4CCCCC4)CCCC2C2CCCCC2)C3C1. The Kier molecular flexibility index (Phi) is 18.0. The van der Waals surface area contributed by atoms with Crippen molar-refractivity contribution in [1.82, 2.24) is 9.80 Å². The van der Waals surface area contributed by atoms with Crippen LogP contribution in [0.4, 0.5) is 0 Å². The van der Waals surface area contributed by atoms with Gasteiger partial charge in [-0.1, -0.05) is 245 Å². The largest absolute Gasteiger partial charge is 0.295 e. The summed E-state index contributed by atoms with van der Waals surface area (Å²) >= 11 is 0. The Morgan fingerprint density at radius 3 is 1.06 bits per heavy atom. The van der Waals surface area contributed by atoms with Gasteiger partial charge in [-0.2, -0.15) is 0 Å². The maximum absolute atomic E-state index is 3.91. The molecular weight excluding hydrogens is 1050 g/mol. The Labute approximate surface area is 538 Å². The average molecular weight is 1190 g/mol. The molecule has 23 unspecified atom stereocenters. The van der Waals surface area contributed by atoms with Gasteiger partial charge in [0.15, 0.2) is 6.71 Å². The van der Waals surface area contributed by atoms with Crippen molar-refractivity contribution in [2.75, 3.05) is 0 Å². The summed E-state index contributed by atoms with van der Waals surface area (Å²) in [5, 5.41) is 0. The van der Waals surface area contributed by atoms with E-state index in [1.165, 1.54) is 32.1 Å². The van der Waals surface area contributed by atoms with Crippen LogP contribution in [0.15, 0.2) is 0 Å². The zero-order chi connectivity index (χ0) is 57.9. The Morgan fingerprint density at radius 1 is 0.241 bits per heavy atom. The van der Waals surface area contributed by atoms with Crippen LogP contribution in [0.25, 0.3) is 0 Å². The molecule has 0 spiro atoms. The molecule has 0 bridgehead atoms. The van der Waals surface area contributed by atoms with E-state index in [9.17, 15) is 0 Å². The number of nitrogens with zero attached hydrogens (tertiary/aromatic N) is 2. The van der Waals surface area contributed by atoms with Gasteiger partial charge in [0.1, 0.15) is 0 Å². The van der Waals surface area contributed by atoms with E-state index in [1.807, 2.05) is 0 Å². The van der Waals surface area contributed by atoms with Gasteiger partial charge in [-0.05, 0) is 243 Å². The van der Waals surface area contributed by atoms with Crippen molar-refractivity contribution in [3.63, 3.8) is 0 Å². The van der Waals surface area contributed by atoms with Gasteiger partial charge in [-0.25, -0.2) is 0 Å². The smallest absolute Gasteiger partial charge is 0.156 e. The molecule has 0 radical (unpaired) electrons. The fourth-order valence-electron chi connectivity index (χ4n) is 32.4. The Bertz CT molecular complexity index is 2180. The maximum Gasteiger partial charge on any atom is 0.156 e. The number of fused-ring (bicyclic) bond motifs is 6. The number of rotatable bonds is 8. The molecule has 17 fully saturated rings. The lowest BCUT2D eigenvalue weighted by Crippen LogP contribution is -2.77. The van der Waals surface area contributed by atoms with E-state index in [-0.39, 0.29) is 0 Å². The minimum atomic E-state index is 0.378. The highest BCUT2D eigenvalue weighted by atomic mass is 15.3. The summed E-state index contributed by atoms with van der Waals surface area (Å²) in [6, 6.07) is 5.26. The molecule has 17 rings (SSSR count). The zero-order valence-electron chi connectivity index (χ0n) is 57.6. The molecule has 0 aromatic rings. The van der Waals surface area contributed by atoms with Crippen molar-refractivity contribution in [1.29, 1.82) is 0 Å². The molecule has 488 valence electrons. The van der Waals surface area contributed by atoms with Crippen LogP contribution < -0.4 is 0 Å². The maximum atomic E-state index is 3.91. The molecule has 2 saturated heterocycles. The average Bonchev–Trinajstić information content (AvgIpc) is 0.792. The van der Waals surface area contributed by atoms with Crippen molar-refractivity contribution in [3.8, 4) is 0 Å². The zero-order valence-corrected chi connectivity index (χ0v) is 57.6. The first-order valence-corrected chi connectivity index (χ1v) is 42.4. The molecule has 0 N–H and O–H groups in total. The van der Waals surface area contributed by atoms with Crippen molar-refractivity contribution in [3.05, 3.63) is 0 Å². The summed E-state index contributed by atoms with van der Waals surface area (Å²) in [5.74, 6) is 25.0. The monoisotopic (exact) mass is 1190 g/mol. The van der Waals surface area contributed by atoms with Crippen LogP contribution in [0.1, 0.15) is 342 Å². The summed E-state index contributed by atoms with van der Waals surface area (Å²) in [6.45, 7) is 9.46. The lowest BCUT2D eigenvalue weighted by molar-refractivity contribution is -0.168. The van der Waals surface area contributed by atoms with Crippen LogP contribution in [0.5, 0.6) is 0 Å². The third kappa shape index (κ3) is 11.0. The molecule has 23 atom stereocenters. The lowest BCUT2D eigenvalue weighted by atomic mass is 9.17. The topological polar surface area (TPSA) is 6.48 Å². The van der Waals surface area contributed by atoms with Crippen LogP contribution in [0.3, 0.4) is 0 Å². The van der Waals surface area contributed by atoms with Crippen LogP contribution in [-0.4, -0.2) is 52.8 Å². The fourth-order valence-corrected chi connectivity index (χ4v) is 32.4. The van der Waals surface area contributed by atoms with Crippen LogP contribution in [0, 0.1) is 130 Å². The van der Waals surface area contributed by atoms with Crippen molar-refractivity contribution < 1.29 is 0 Å². The molecule has 2 aliphatic heterocycles. The highest BCUT2D eigenvalue weighted by Crippen LogP contribution is 2.71.